The first-order valence-electron chi connectivity index (χ1n) is 8.10. The van der Waals surface area contributed by atoms with Crippen molar-refractivity contribution in [1.82, 2.24) is 4.90 Å². The maximum Gasteiger partial charge on any atom is 0.328 e. The van der Waals surface area contributed by atoms with E-state index in [0.717, 1.165) is 25.7 Å². The Morgan fingerprint density at radius 1 is 1.41 bits per heavy atom. The maximum absolute atomic E-state index is 12.6. The van der Waals surface area contributed by atoms with E-state index >= 15 is 0 Å². The summed E-state index contributed by atoms with van der Waals surface area (Å²) in [6.45, 7) is 12.6. The fraction of sp³-hybridized carbons (Fsp3) is 0.667. The molecule has 1 saturated heterocycles. The highest BCUT2D eigenvalue weighted by Gasteiger charge is 2.36. The second-order valence-corrected chi connectivity index (χ2v) is 6.31. The van der Waals surface area contributed by atoms with Crippen molar-refractivity contribution in [2.45, 2.75) is 52.0 Å². The lowest BCUT2D eigenvalue weighted by Gasteiger charge is -2.26. The number of rotatable bonds is 8. The monoisotopic (exact) mass is 307 g/mol. The molecular weight excluding hydrogens is 278 g/mol. The van der Waals surface area contributed by atoms with E-state index in [-0.39, 0.29) is 17.8 Å². The van der Waals surface area contributed by atoms with Gasteiger partial charge in [0.1, 0.15) is 6.04 Å². The predicted octanol–water partition coefficient (Wildman–Crippen LogP) is 3.34. The molecule has 124 valence electrons. The number of ether oxygens (including phenoxy) is 1. The van der Waals surface area contributed by atoms with Gasteiger partial charge in [-0.2, -0.15) is 0 Å². The summed E-state index contributed by atoms with van der Waals surface area (Å²) in [6.07, 6.45) is 6.43. The second kappa shape index (κ2) is 8.76. The van der Waals surface area contributed by atoms with Crippen LogP contribution in [0.25, 0.3) is 0 Å². The number of esters is 1. The van der Waals surface area contributed by atoms with Gasteiger partial charge in [0.2, 0.25) is 5.91 Å². The quantitative estimate of drug-likeness (QED) is 0.392. The average Bonchev–Trinajstić information content (AvgIpc) is 2.99. The molecule has 22 heavy (non-hydrogen) atoms. The molecule has 0 aliphatic carbocycles. The maximum atomic E-state index is 12.6. The lowest BCUT2D eigenvalue weighted by molar-refractivity contribution is -0.149. The highest BCUT2D eigenvalue weighted by atomic mass is 16.5. The SMILES string of the molecule is C=CCCC(C)CC(C)C(=C)C(=O)N1CCCC1C(=O)OC. The Morgan fingerprint density at radius 2 is 2.09 bits per heavy atom. The third-order valence-electron chi connectivity index (χ3n) is 4.48. The van der Waals surface area contributed by atoms with Crippen molar-refractivity contribution < 1.29 is 14.3 Å². The first kappa shape index (κ1) is 18.5. The molecule has 1 amide bonds. The Morgan fingerprint density at radius 3 is 2.68 bits per heavy atom. The number of methoxy groups -OCH3 is 1. The van der Waals surface area contributed by atoms with E-state index in [0.29, 0.717) is 24.5 Å². The van der Waals surface area contributed by atoms with E-state index in [1.807, 2.05) is 13.0 Å². The normalized spacial score (nSPS) is 20.3. The van der Waals surface area contributed by atoms with E-state index in [1.54, 1.807) is 4.90 Å². The van der Waals surface area contributed by atoms with Crippen LogP contribution in [0.2, 0.25) is 0 Å². The Balaban J connectivity index is 2.61. The zero-order chi connectivity index (χ0) is 16.7. The van der Waals surface area contributed by atoms with E-state index in [1.165, 1.54) is 7.11 Å². The number of nitrogens with zero attached hydrogens (tertiary/aromatic N) is 1. The standard InChI is InChI=1S/C18H29NO3/c1-6-7-9-13(2)12-14(3)15(4)17(20)19-11-8-10-16(19)18(21)22-5/h6,13-14,16H,1,4,7-12H2,2-3,5H3. The molecule has 1 heterocycles. The van der Waals surface area contributed by atoms with Crippen LogP contribution in [-0.2, 0) is 14.3 Å². The first-order valence-corrected chi connectivity index (χ1v) is 8.10. The fourth-order valence-electron chi connectivity index (χ4n) is 3.05. The van der Waals surface area contributed by atoms with Crippen molar-refractivity contribution in [3.8, 4) is 0 Å². The van der Waals surface area contributed by atoms with Crippen LogP contribution in [0, 0.1) is 11.8 Å². The summed E-state index contributed by atoms with van der Waals surface area (Å²) in [4.78, 5) is 26.0. The van der Waals surface area contributed by atoms with Gasteiger partial charge in [-0.3, -0.25) is 4.79 Å². The van der Waals surface area contributed by atoms with Crippen molar-refractivity contribution in [1.29, 1.82) is 0 Å². The zero-order valence-electron chi connectivity index (χ0n) is 14.1. The summed E-state index contributed by atoms with van der Waals surface area (Å²) in [7, 11) is 1.36. The van der Waals surface area contributed by atoms with Gasteiger partial charge in [0.05, 0.1) is 7.11 Å². The number of amides is 1. The number of hydrogen-bond acceptors (Lipinski definition) is 3. The Bertz CT molecular complexity index is 430. The number of hydrogen-bond donors (Lipinski definition) is 0. The molecule has 0 aromatic heterocycles. The van der Waals surface area contributed by atoms with Crippen molar-refractivity contribution in [3.05, 3.63) is 24.8 Å². The van der Waals surface area contributed by atoms with Gasteiger partial charge in [0.25, 0.3) is 0 Å². The molecular formula is C18H29NO3. The topological polar surface area (TPSA) is 46.6 Å². The molecule has 0 spiro atoms. The van der Waals surface area contributed by atoms with Crippen molar-refractivity contribution >= 4 is 11.9 Å². The molecule has 4 heteroatoms. The largest absolute Gasteiger partial charge is 0.467 e. The van der Waals surface area contributed by atoms with Gasteiger partial charge in [-0.15, -0.1) is 6.58 Å². The van der Waals surface area contributed by atoms with Gasteiger partial charge >= 0.3 is 5.97 Å². The van der Waals surface area contributed by atoms with Gasteiger partial charge < -0.3 is 9.64 Å². The summed E-state index contributed by atoms with van der Waals surface area (Å²) < 4.78 is 4.79. The molecule has 0 aromatic carbocycles. The molecule has 0 radical (unpaired) electrons. The van der Waals surface area contributed by atoms with Crippen molar-refractivity contribution in [2.75, 3.05) is 13.7 Å². The lowest BCUT2D eigenvalue weighted by Crippen LogP contribution is -2.42. The average molecular weight is 307 g/mol. The Kier molecular flexibility index (Phi) is 7.36. The number of carbonyl (C=O) groups is 2. The van der Waals surface area contributed by atoms with Gasteiger partial charge in [-0.1, -0.05) is 26.5 Å². The van der Waals surface area contributed by atoms with Gasteiger partial charge in [-0.25, -0.2) is 4.79 Å². The minimum Gasteiger partial charge on any atom is -0.467 e. The molecule has 1 rings (SSSR count). The summed E-state index contributed by atoms with van der Waals surface area (Å²) in [5, 5.41) is 0. The summed E-state index contributed by atoms with van der Waals surface area (Å²) in [6, 6.07) is -0.445. The van der Waals surface area contributed by atoms with Crippen LogP contribution in [0.4, 0.5) is 0 Å². The van der Waals surface area contributed by atoms with Gasteiger partial charge in [0, 0.05) is 12.1 Å². The minimum atomic E-state index is -0.445. The van der Waals surface area contributed by atoms with E-state index in [9.17, 15) is 9.59 Å². The lowest BCUT2D eigenvalue weighted by atomic mass is 9.88. The molecule has 3 unspecified atom stereocenters. The molecule has 1 aliphatic rings. The third-order valence-corrected chi connectivity index (χ3v) is 4.48. The molecule has 0 saturated carbocycles. The summed E-state index contributed by atoms with van der Waals surface area (Å²) in [5.74, 6) is 0.209. The first-order chi connectivity index (χ1) is 10.4. The number of likely N-dealkylation sites (tertiary alicyclic amines) is 1. The van der Waals surface area contributed by atoms with Crippen LogP contribution in [0.5, 0.6) is 0 Å². The van der Waals surface area contributed by atoms with Gasteiger partial charge in [-0.05, 0) is 43.9 Å². The molecule has 0 bridgehead atoms. The summed E-state index contributed by atoms with van der Waals surface area (Å²) >= 11 is 0. The van der Waals surface area contributed by atoms with Crippen LogP contribution in [-0.4, -0.2) is 36.5 Å². The number of carbonyl (C=O) groups excluding carboxylic acids is 2. The van der Waals surface area contributed by atoms with Gasteiger partial charge in [0.15, 0.2) is 0 Å². The van der Waals surface area contributed by atoms with E-state index in [4.69, 9.17) is 4.74 Å². The van der Waals surface area contributed by atoms with Crippen LogP contribution in [0.15, 0.2) is 24.8 Å². The molecule has 4 nitrogen and oxygen atoms in total. The number of allylic oxidation sites excluding steroid dienone is 1. The Hall–Kier alpha value is -1.58. The minimum absolute atomic E-state index is 0.101. The van der Waals surface area contributed by atoms with Crippen molar-refractivity contribution in [3.63, 3.8) is 0 Å². The molecule has 0 aromatic rings. The highest BCUT2D eigenvalue weighted by Crippen LogP contribution is 2.26. The van der Waals surface area contributed by atoms with Crippen molar-refractivity contribution in [2.24, 2.45) is 11.8 Å². The molecule has 3 atom stereocenters. The third kappa shape index (κ3) is 4.72. The van der Waals surface area contributed by atoms with Crippen LogP contribution >= 0.6 is 0 Å². The zero-order valence-corrected chi connectivity index (χ0v) is 14.1. The van der Waals surface area contributed by atoms with Crippen LogP contribution in [0.3, 0.4) is 0 Å². The Labute approximate surface area is 134 Å². The van der Waals surface area contributed by atoms with E-state index in [2.05, 4.69) is 20.1 Å². The smallest absolute Gasteiger partial charge is 0.328 e. The summed E-state index contributed by atoms with van der Waals surface area (Å²) in [5.41, 5.74) is 0.598. The van der Waals surface area contributed by atoms with Crippen LogP contribution in [0.1, 0.15) is 46.0 Å². The highest BCUT2D eigenvalue weighted by molar-refractivity contribution is 5.96. The van der Waals surface area contributed by atoms with E-state index < -0.39 is 6.04 Å². The second-order valence-electron chi connectivity index (χ2n) is 6.31. The van der Waals surface area contributed by atoms with Crippen LogP contribution < -0.4 is 0 Å². The fourth-order valence-corrected chi connectivity index (χ4v) is 3.05. The molecule has 1 aliphatic heterocycles. The molecule has 1 fully saturated rings. The predicted molar refractivity (Wildman–Crippen MR) is 88.3 cm³/mol. The molecule has 0 N–H and O–H groups in total.